The van der Waals surface area contributed by atoms with Gasteiger partial charge in [0.15, 0.2) is 0 Å². The van der Waals surface area contributed by atoms with E-state index in [9.17, 15) is 18.3 Å². The van der Waals surface area contributed by atoms with Gasteiger partial charge in [0.05, 0.1) is 5.02 Å². The van der Waals surface area contributed by atoms with E-state index in [1.807, 2.05) is 0 Å². The van der Waals surface area contributed by atoms with Crippen molar-refractivity contribution in [1.29, 1.82) is 0 Å². The standard InChI is InChI=1S/C13H17ClF3NO2/c14-11-4-1-2-5-12(11)20-9-10(19)8-18-7-3-6-13(15,16)17/h1-2,4-5,10,18-19H,3,6-9H2. The van der Waals surface area contributed by atoms with E-state index < -0.39 is 18.7 Å². The lowest BCUT2D eigenvalue weighted by Crippen LogP contribution is -2.32. The Labute approximate surface area is 120 Å². The Balaban J connectivity index is 2.12. The molecule has 0 amide bonds. The Bertz CT molecular complexity index is 401. The topological polar surface area (TPSA) is 41.5 Å². The van der Waals surface area contributed by atoms with Crippen molar-refractivity contribution >= 4 is 11.6 Å². The third-order valence-electron chi connectivity index (χ3n) is 2.46. The van der Waals surface area contributed by atoms with Crippen molar-refractivity contribution in [2.24, 2.45) is 0 Å². The second kappa shape index (κ2) is 8.34. The molecule has 0 bridgehead atoms. The average Bonchev–Trinajstić information content (AvgIpc) is 2.36. The van der Waals surface area contributed by atoms with E-state index in [0.717, 1.165) is 0 Å². The Hall–Kier alpha value is -0.980. The number of rotatable bonds is 8. The molecule has 1 atom stereocenters. The molecule has 7 heteroatoms. The lowest BCUT2D eigenvalue weighted by atomic mass is 10.3. The SMILES string of the molecule is OC(CNCCCC(F)(F)F)COc1ccccc1Cl. The number of nitrogens with one attached hydrogen (secondary N) is 1. The van der Waals surface area contributed by atoms with E-state index in [0.29, 0.717) is 10.8 Å². The molecule has 0 heterocycles. The van der Waals surface area contributed by atoms with Crippen molar-refractivity contribution in [2.45, 2.75) is 25.1 Å². The summed E-state index contributed by atoms with van der Waals surface area (Å²) in [7, 11) is 0. The van der Waals surface area contributed by atoms with Crippen molar-refractivity contribution < 1.29 is 23.0 Å². The van der Waals surface area contributed by atoms with Gasteiger partial charge in [0.2, 0.25) is 0 Å². The van der Waals surface area contributed by atoms with E-state index in [4.69, 9.17) is 16.3 Å². The zero-order chi connectivity index (χ0) is 15.0. The van der Waals surface area contributed by atoms with Crippen molar-refractivity contribution in [3.63, 3.8) is 0 Å². The molecule has 0 saturated carbocycles. The van der Waals surface area contributed by atoms with Crippen LogP contribution in [0, 0.1) is 0 Å². The monoisotopic (exact) mass is 311 g/mol. The van der Waals surface area contributed by atoms with Crippen molar-refractivity contribution in [1.82, 2.24) is 5.32 Å². The van der Waals surface area contributed by atoms with Gasteiger partial charge in [-0.25, -0.2) is 0 Å². The van der Waals surface area contributed by atoms with E-state index in [2.05, 4.69) is 5.32 Å². The van der Waals surface area contributed by atoms with Gasteiger partial charge in [-0.2, -0.15) is 13.2 Å². The molecular formula is C13H17ClF3NO2. The average molecular weight is 312 g/mol. The first-order valence-corrected chi connectivity index (χ1v) is 6.59. The molecule has 0 aliphatic carbocycles. The highest BCUT2D eigenvalue weighted by Gasteiger charge is 2.25. The van der Waals surface area contributed by atoms with Crippen molar-refractivity contribution in [3.8, 4) is 5.75 Å². The van der Waals surface area contributed by atoms with Gasteiger partial charge in [-0.3, -0.25) is 0 Å². The minimum atomic E-state index is -4.13. The van der Waals surface area contributed by atoms with E-state index in [-0.39, 0.29) is 26.1 Å². The van der Waals surface area contributed by atoms with Crippen LogP contribution in [0.2, 0.25) is 5.02 Å². The Kier molecular flexibility index (Phi) is 7.12. The fourth-order valence-corrected chi connectivity index (χ4v) is 1.68. The van der Waals surface area contributed by atoms with E-state index in [1.54, 1.807) is 24.3 Å². The zero-order valence-corrected chi connectivity index (χ0v) is 11.5. The van der Waals surface area contributed by atoms with Gasteiger partial charge in [0, 0.05) is 13.0 Å². The third kappa shape index (κ3) is 7.57. The third-order valence-corrected chi connectivity index (χ3v) is 2.77. The highest BCUT2D eigenvalue weighted by molar-refractivity contribution is 6.32. The number of aliphatic hydroxyl groups is 1. The number of para-hydroxylation sites is 1. The predicted octanol–water partition coefficient (Wildman–Crippen LogP) is 3.01. The number of halogens is 4. The van der Waals surface area contributed by atoms with E-state index in [1.165, 1.54) is 0 Å². The van der Waals surface area contributed by atoms with Crippen LogP contribution in [-0.4, -0.2) is 37.1 Å². The molecule has 1 aromatic rings. The quantitative estimate of drug-likeness (QED) is 0.725. The van der Waals surface area contributed by atoms with Crippen LogP contribution in [0.3, 0.4) is 0 Å². The Morgan fingerprint density at radius 2 is 2.00 bits per heavy atom. The zero-order valence-electron chi connectivity index (χ0n) is 10.8. The van der Waals surface area contributed by atoms with Gasteiger partial charge in [-0.15, -0.1) is 0 Å². The smallest absolute Gasteiger partial charge is 0.389 e. The van der Waals surface area contributed by atoms with Gasteiger partial charge in [0.25, 0.3) is 0 Å². The Morgan fingerprint density at radius 3 is 2.65 bits per heavy atom. The molecule has 0 spiro atoms. The lowest BCUT2D eigenvalue weighted by Gasteiger charge is -2.14. The van der Waals surface area contributed by atoms with Gasteiger partial charge < -0.3 is 15.2 Å². The lowest BCUT2D eigenvalue weighted by molar-refractivity contribution is -0.135. The minimum absolute atomic E-state index is 0.0123. The minimum Gasteiger partial charge on any atom is -0.489 e. The van der Waals surface area contributed by atoms with Crippen LogP contribution in [0.25, 0.3) is 0 Å². The molecule has 1 aromatic carbocycles. The molecule has 0 aliphatic rings. The van der Waals surface area contributed by atoms with Crippen LogP contribution >= 0.6 is 11.6 Å². The number of ether oxygens (including phenoxy) is 1. The molecule has 0 aliphatic heterocycles. The largest absolute Gasteiger partial charge is 0.489 e. The molecular weight excluding hydrogens is 295 g/mol. The highest BCUT2D eigenvalue weighted by Crippen LogP contribution is 2.23. The van der Waals surface area contributed by atoms with Gasteiger partial charge in [-0.1, -0.05) is 23.7 Å². The van der Waals surface area contributed by atoms with Crippen LogP contribution in [0.15, 0.2) is 24.3 Å². The number of aliphatic hydroxyl groups excluding tert-OH is 1. The molecule has 1 unspecified atom stereocenters. The first-order chi connectivity index (χ1) is 9.38. The molecule has 3 nitrogen and oxygen atoms in total. The maximum Gasteiger partial charge on any atom is 0.389 e. The summed E-state index contributed by atoms with van der Waals surface area (Å²) in [6, 6.07) is 6.85. The molecule has 0 radical (unpaired) electrons. The van der Waals surface area contributed by atoms with Crippen LogP contribution in [0.5, 0.6) is 5.75 Å². The van der Waals surface area contributed by atoms with Gasteiger partial charge in [-0.05, 0) is 25.1 Å². The summed E-state index contributed by atoms with van der Waals surface area (Å²) in [5.41, 5.74) is 0. The van der Waals surface area contributed by atoms with E-state index >= 15 is 0 Å². The highest BCUT2D eigenvalue weighted by atomic mass is 35.5. The summed E-state index contributed by atoms with van der Waals surface area (Å²) >= 11 is 5.87. The summed E-state index contributed by atoms with van der Waals surface area (Å²) in [4.78, 5) is 0. The normalized spacial score (nSPS) is 13.2. The van der Waals surface area contributed by atoms with Crippen molar-refractivity contribution in [3.05, 3.63) is 29.3 Å². The van der Waals surface area contributed by atoms with Crippen molar-refractivity contribution in [2.75, 3.05) is 19.7 Å². The van der Waals surface area contributed by atoms with Crippen LogP contribution in [0.1, 0.15) is 12.8 Å². The molecule has 2 N–H and O–H groups in total. The summed E-state index contributed by atoms with van der Waals surface area (Å²) in [5.74, 6) is 0.463. The fraction of sp³-hybridized carbons (Fsp3) is 0.538. The van der Waals surface area contributed by atoms with Crippen LogP contribution in [0.4, 0.5) is 13.2 Å². The first kappa shape index (κ1) is 17.1. The summed E-state index contributed by atoms with van der Waals surface area (Å²) < 4.78 is 40.9. The van der Waals surface area contributed by atoms with Crippen LogP contribution < -0.4 is 10.1 Å². The molecule has 0 fully saturated rings. The first-order valence-electron chi connectivity index (χ1n) is 6.21. The molecule has 0 saturated heterocycles. The maximum atomic E-state index is 11.9. The second-order valence-electron chi connectivity index (χ2n) is 4.32. The summed E-state index contributed by atoms with van der Waals surface area (Å²) in [5, 5.41) is 12.8. The summed E-state index contributed by atoms with van der Waals surface area (Å²) in [6.45, 7) is 0.390. The number of benzene rings is 1. The second-order valence-corrected chi connectivity index (χ2v) is 4.73. The predicted molar refractivity (Wildman–Crippen MR) is 71.1 cm³/mol. The Morgan fingerprint density at radius 1 is 1.30 bits per heavy atom. The fourth-order valence-electron chi connectivity index (χ4n) is 1.49. The molecule has 114 valence electrons. The van der Waals surface area contributed by atoms with Crippen LogP contribution in [-0.2, 0) is 0 Å². The van der Waals surface area contributed by atoms with Gasteiger partial charge >= 0.3 is 6.18 Å². The molecule has 0 aromatic heterocycles. The number of alkyl halides is 3. The van der Waals surface area contributed by atoms with Gasteiger partial charge in [0.1, 0.15) is 18.5 Å². The molecule has 1 rings (SSSR count). The number of hydrogen-bond acceptors (Lipinski definition) is 3. The number of hydrogen-bond donors (Lipinski definition) is 2. The maximum absolute atomic E-state index is 11.9. The molecule has 20 heavy (non-hydrogen) atoms. The summed E-state index contributed by atoms with van der Waals surface area (Å²) in [6.07, 6.45) is -5.78.